The van der Waals surface area contributed by atoms with Gasteiger partial charge >= 0.3 is 12.0 Å². The molecule has 4 aromatic rings. The molecule has 300 valence electrons. The van der Waals surface area contributed by atoms with Gasteiger partial charge in [-0.15, -0.1) is 0 Å². The fourth-order valence-electron chi connectivity index (χ4n) is 5.58. The van der Waals surface area contributed by atoms with E-state index in [1.807, 2.05) is 13.8 Å². The SMILES string of the molecule is CCc1cnc(OC2CCC(OS(C)(=O)=O)CC2)nc1.CCc1cnc(OC2CCC(Oc3c(F)cc(Br)cc3F)CC2)nc1.Oc1c(F)cc(Br)cc1F. The van der Waals surface area contributed by atoms with Crippen LogP contribution in [-0.2, 0) is 27.1 Å². The predicted molar refractivity (Wildman–Crippen MR) is 203 cm³/mol. The zero-order chi connectivity index (χ0) is 40.1. The minimum Gasteiger partial charge on any atom is -0.503 e. The molecule has 0 saturated heterocycles. The van der Waals surface area contributed by atoms with Crippen molar-refractivity contribution in [3.8, 4) is 23.5 Å². The summed E-state index contributed by atoms with van der Waals surface area (Å²) < 4.78 is 97.1. The Balaban J connectivity index is 0.000000200. The topological polar surface area (TPSA) is 143 Å². The lowest BCUT2D eigenvalue weighted by molar-refractivity contribution is 0.0705. The molecule has 1 N–H and O–H groups in total. The maximum Gasteiger partial charge on any atom is 0.316 e. The van der Waals surface area contributed by atoms with E-state index in [4.69, 9.17) is 23.5 Å². The van der Waals surface area contributed by atoms with Gasteiger partial charge in [0.25, 0.3) is 10.1 Å². The standard InChI is InChI=1S/C18H19BrF2N2O2.C13H20N2O4S.C6H3BrF2O/c1-2-11-9-22-18(23-10-11)25-14-5-3-13(4-6-14)24-17-15(20)7-12(19)8-16(17)21;1-3-10-8-14-13(15-9-10)18-11-4-6-12(7-5-11)19-20(2,16)17;7-3-1-4(8)6(10)5(9)2-3/h7-10,13-14H,2-6H2,1H3;8-9,11-12H,3-7H2,1-2H3;1-2,10H. The molecule has 2 aromatic carbocycles. The molecule has 0 radical (unpaired) electrons. The summed E-state index contributed by atoms with van der Waals surface area (Å²) in [5, 5.41) is 8.56. The lowest BCUT2D eigenvalue weighted by Crippen LogP contribution is -2.30. The number of halogens is 6. The second-order valence-electron chi connectivity index (χ2n) is 12.8. The molecule has 2 aliphatic rings. The number of aromatic nitrogens is 4. The molecule has 0 unspecified atom stereocenters. The van der Waals surface area contributed by atoms with Gasteiger partial charge in [-0.2, -0.15) is 8.42 Å². The van der Waals surface area contributed by atoms with E-state index >= 15 is 0 Å². The molecule has 0 spiro atoms. The molecule has 0 amide bonds. The molecule has 2 heterocycles. The molecule has 55 heavy (non-hydrogen) atoms. The van der Waals surface area contributed by atoms with Crippen LogP contribution in [0.25, 0.3) is 0 Å². The van der Waals surface area contributed by atoms with Gasteiger partial charge in [0.2, 0.25) is 0 Å². The number of benzene rings is 2. The van der Waals surface area contributed by atoms with Crippen LogP contribution in [0.4, 0.5) is 17.6 Å². The Hall–Kier alpha value is -3.61. The van der Waals surface area contributed by atoms with Crippen LogP contribution in [0.3, 0.4) is 0 Å². The molecule has 2 aromatic heterocycles. The fraction of sp³-hybridized carbons (Fsp3) is 0.459. The van der Waals surface area contributed by atoms with Crippen molar-refractivity contribution in [1.82, 2.24) is 19.9 Å². The number of hydrogen-bond acceptors (Lipinski definition) is 11. The summed E-state index contributed by atoms with van der Waals surface area (Å²) in [5.41, 5.74) is 2.13. The Labute approximate surface area is 334 Å². The van der Waals surface area contributed by atoms with E-state index in [9.17, 15) is 26.0 Å². The highest BCUT2D eigenvalue weighted by Gasteiger charge is 2.27. The number of hydrogen-bond donors (Lipinski definition) is 1. The Morgan fingerprint density at radius 2 is 0.945 bits per heavy atom. The van der Waals surface area contributed by atoms with Gasteiger partial charge < -0.3 is 19.3 Å². The van der Waals surface area contributed by atoms with Crippen molar-refractivity contribution in [3.05, 3.63) is 92.4 Å². The lowest BCUT2D eigenvalue weighted by atomic mass is 9.95. The molecule has 18 heteroatoms. The van der Waals surface area contributed by atoms with Crippen LogP contribution in [0.5, 0.6) is 23.5 Å². The molecule has 0 aliphatic heterocycles. The van der Waals surface area contributed by atoms with Crippen LogP contribution < -0.4 is 14.2 Å². The molecule has 2 fully saturated rings. The number of nitrogens with zero attached hydrogens (tertiary/aromatic N) is 4. The van der Waals surface area contributed by atoms with Crippen LogP contribution >= 0.6 is 31.9 Å². The summed E-state index contributed by atoms with van der Waals surface area (Å²) in [6.07, 6.45) is 15.1. The molecule has 0 bridgehead atoms. The number of phenols is 1. The Morgan fingerprint density at radius 3 is 1.29 bits per heavy atom. The monoisotopic (exact) mass is 920 g/mol. The second-order valence-corrected chi connectivity index (χ2v) is 16.3. The van der Waals surface area contributed by atoms with Crippen LogP contribution in [0.1, 0.15) is 76.3 Å². The van der Waals surface area contributed by atoms with Gasteiger partial charge in [-0.3, -0.25) is 4.18 Å². The van der Waals surface area contributed by atoms with E-state index in [1.54, 1.807) is 24.8 Å². The summed E-state index contributed by atoms with van der Waals surface area (Å²) in [4.78, 5) is 16.7. The number of aryl methyl sites for hydroxylation is 2. The highest BCUT2D eigenvalue weighted by Crippen LogP contribution is 2.31. The maximum absolute atomic E-state index is 13.9. The normalized spacial score (nSPS) is 19.6. The zero-order valence-electron chi connectivity index (χ0n) is 30.4. The van der Waals surface area contributed by atoms with Crippen LogP contribution in [0, 0.1) is 23.3 Å². The number of ether oxygens (including phenoxy) is 3. The first-order chi connectivity index (χ1) is 26.1. The van der Waals surface area contributed by atoms with Gasteiger partial charge in [0, 0.05) is 33.7 Å². The first kappa shape index (κ1) is 44.1. The molecular formula is C37H42Br2F4N4O7S. The number of rotatable bonds is 10. The smallest absolute Gasteiger partial charge is 0.316 e. The molecule has 0 atom stereocenters. The van der Waals surface area contributed by atoms with Crippen molar-refractivity contribution >= 4 is 42.0 Å². The van der Waals surface area contributed by atoms with E-state index < -0.39 is 39.1 Å². The van der Waals surface area contributed by atoms with Gasteiger partial charge in [0.15, 0.2) is 34.8 Å². The third kappa shape index (κ3) is 14.8. The Bertz CT molecular complexity index is 1890. The largest absolute Gasteiger partial charge is 0.503 e. The third-order valence-electron chi connectivity index (χ3n) is 8.51. The van der Waals surface area contributed by atoms with E-state index in [1.165, 1.54) is 12.1 Å². The van der Waals surface area contributed by atoms with E-state index in [0.29, 0.717) is 42.2 Å². The lowest BCUT2D eigenvalue weighted by Gasteiger charge is -2.29. The van der Waals surface area contributed by atoms with Crippen molar-refractivity contribution in [2.75, 3.05) is 6.26 Å². The average Bonchev–Trinajstić information content (AvgIpc) is 3.14. The third-order valence-corrected chi connectivity index (χ3v) is 10.0. The highest BCUT2D eigenvalue weighted by atomic mass is 79.9. The predicted octanol–water partition coefficient (Wildman–Crippen LogP) is 8.99. The summed E-state index contributed by atoms with van der Waals surface area (Å²) in [7, 11) is -3.37. The minimum absolute atomic E-state index is 0.00746. The van der Waals surface area contributed by atoms with Gasteiger partial charge in [-0.05, 0) is 99.6 Å². The summed E-state index contributed by atoms with van der Waals surface area (Å²) in [6, 6.07) is 5.12. The Kier molecular flexibility index (Phi) is 16.9. The molecule has 11 nitrogen and oxygen atoms in total. The first-order valence-electron chi connectivity index (χ1n) is 17.6. The van der Waals surface area contributed by atoms with Crippen LogP contribution in [0.2, 0.25) is 0 Å². The minimum atomic E-state index is -3.37. The van der Waals surface area contributed by atoms with Crippen LogP contribution in [0.15, 0.2) is 58.0 Å². The van der Waals surface area contributed by atoms with Gasteiger partial charge in [0.1, 0.15) is 12.2 Å². The van der Waals surface area contributed by atoms with Gasteiger partial charge in [-0.25, -0.2) is 37.5 Å². The number of phenolic OH excluding ortho intramolecular Hbond substituents is 1. The van der Waals surface area contributed by atoms with Crippen molar-refractivity contribution in [2.24, 2.45) is 0 Å². The van der Waals surface area contributed by atoms with Gasteiger partial charge in [0.05, 0.1) is 18.5 Å². The molecular weight excluding hydrogens is 880 g/mol. The number of aromatic hydroxyl groups is 1. The highest BCUT2D eigenvalue weighted by molar-refractivity contribution is 9.10. The summed E-state index contributed by atoms with van der Waals surface area (Å²) in [5.74, 6) is -4.59. The fourth-order valence-corrected chi connectivity index (χ4v) is 7.07. The molecule has 6 rings (SSSR count). The first-order valence-corrected chi connectivity index (χ1v) is 21.0. The zero-order valence-corrected chi connectivity index (χ0v) is 34.3. The van der Waals surface area contributed by atoms with Crippen molar-refractivity contribution < 1.29 is 49.5 Å². The average molecular weight is 923 g/mol. The van der Waals surface area contributed by atoms with E-state index in [0.717, 1.165) is 68.0 Å². The summed E-state index contributed by atoms with van der Waals surface area (Å²) in [6.45, 7) is 4.08. The second kappa shape index (κ2) is 21.1. The van der Waals surface area contributed by atoms with Crippen molar-refractivity contribution in [1.29, 1.82) is 0 Å². The quantitative estimate of drug-likeness (QED) is 0.120. The van der Waals surface area contributed by atoms with E-state index in [2.05, 4.69) is 51.8 Å². The Morgan fingerprint density at radius 1 is 0.618 bits per heavy atom. The molecule has 2 aliphatic carbocycles. The van der Waals surface area contributed by atoms with Crippen molar-refractivity contribution in [2.45, 2.75) is 102 Å². The van der Waals surface area contributed by atoms with E-state index in [-0.39, 0.29) is 34.6 Å². The molecule has 2 saturated carbocycles. The maximum atomic E-state index is 13.9. The summed E-state index contributed by atoms with van der Waals surface area (Å²) >= 11 is 5.91. The van der Waals surface area contributed by atoms with Gasteiger partial charge in [-0.1, -0.05) is 45.7 Å². The van der Waals surface area contributed by atoms with Crippen molar-refractivity contribution in [3.63, 3.8) is 0 Å². The van der Waals surface area contributed by atoms with Crippen LogP contribution in [-0.4, -0.2) is 64.1 Å².